The van der Waals surface area contributed by atoms with E-state index in [4.69, 9.17) is 10.00 Å². The second-order valence-electron chi connectivity index (χ2n) is 4.73. The molecular formula is C17H11FN2O2. The molecule has 4 rings (SSSR count). The van der Waals surface area contributed by atoms with Crippen LogP contribution in [0.3, 0.4) is 0 Å². The van der Waals surface area contributed by atoms with Crippen LogP contribution < -0.4 is 10.2 Å². The smallest absolute Gasteiger partial charge is 0.207 e. The van der Waals surface area contributed by atoms with Gasteiger partial charge in [0.2, 0.25) is 5.43 Å². The fourth-order valence-corrected chi connectivity index (χ4v) is 2.12. The fourth-order valence-electron chi connectivity index (χ4n) is 2.12. The van der Waals surface area contributed by atoms with Gasteiger partial charge in [-0.1, -0.05) is 18.2 Å². The summed E-state index contributed by atoms with van der Waals surface area (Å²) in [6.07, 6.45) is 1.28. The molecule has 22 heavy (non-hydrogen) atoms. The van der Waals surface area contributed by atoms with Crippen LogP contribution in [0.25, 0.3) is 10.9 Å². The van der Waals surface area contributed by atoms with Gasteiger partial charge in [-0.3, -0.25) is 4.79 Å². The van der Waals surface area contributed by atoms with Gasteiger partial charge >= 0.3 is 0 Å². The van der Waals surface area contributed by atoms with Gasteiger partial charge in [0, 0.05) is 17.1 Å². The van der Waals surface area contributed by atoms with Gasteiger partial charge in [0.25, 0.3) is 0 Å². The Labute approximate surface area is 125 Å². The number of benzene rings is 2. The van der Waals surface area contributed by atoms with Crippen LogP contribution in [0.1, 0.15) is 11.1 Å². The van der Waals surface area contributed by atoms with E-state index in [1.54, 1.807) is 6.07 Å². The van der Waals surface area contributed by atoms with Gasteiger partial charge in [0.15, 0.2) is 0 Å². The van der Waals surface area contributed by atoms with Crippen molar-refractivity contribution in [2.75, 3.05) is 0 Å². The maximum Gasteiger partial charge on any atom is 0.207 e. The first kappa shape index (κ1) is 13.8. The number of aromatic nitrogens is 1. The van der Waals surface area contributed by atoms with Crippen LogP contribution in [0.5, 0.6) is 5.75 Å². The van der Waals surface area contributed by atoms with E-state index >= 15 is 0 Å². The normalized spacial score (nSPS) is 11.3. The van der Waals surface area contributed by atoms with Crippen molar-refractivity contribution in [1.82, 2.24) is 4.98 Å². The average molecular weight is 294 g/mol. The molecule has 0 aliphatic carbocycles. The fraction of sp³-hybridized carbons (Fsp3) is 0.0588. The number of H-pyrrole nitrogens is 1. The highest BCUT2D eigenvalue weighted by Gasteiger charge is 2.10. The summed E-state index contributed by atoms with van der Waals surface area (Å²) in [5.41, 5.74) is 1.38. The first-order valence-corrected chi connectivity index (χ1v) is 6.61. The average Bonchev–Trinajstić information content (AvgIpc) is 2.50. The summed E-state index contributed by atoms with van der Waals surface area (Å²) in [6.45, 7) is 0.802. The number of hydrogen-bond acceptors (Lipinski definition) is 3. The Morgan fingerprint density at radius 2 is 2.05 bits per heavy atom. The molecule has 2 aromatic carbocycles. The summed E-state index contributed by atoms with van der Waals surface area (Å²) in [7, 11) is 0. The lowest BCUT2D eigenvalue weighted by Crippen LogP contribution is -2.07. The van der Waals surface area contributed by atoms with Gasteiger partial charge in [-0.15, -0.1) is 0 Å². The zero-order valence-corrected chi connectivity index (χ0v) is 11.5. The maximum atomic E-state index is 12.8. The topological polar surface area (TPSA) is 65.9 Å². The Balaban J connectivity index is 0.000000151. The van der Waals surface area contributed by atoms with Crippen molar-refractivity contribution >= 4 is 10.9 Å². The number of rotatable bonds is 0. The van der Waals surface area contributed by atoms with Crippen molar-refractivity contribution in [3.05, 3.63) is 75.8 Å². The molecule has 0 saturated carbocycles. The largest absolute Gasteiger partial charge is 0.488 e. The van der Waals surface area contributed by atoms with Crippen molar-refractivity contribution in [3.63, 3.8) is 0 Å². The SMILES string of the molecule is N#Cc1c[nH]c2cc(F)ccc2c1=O.c1ccc2c(c1)CO2. The molecule has 0 unspecified atom stereocenters. The van der Waals surface area contributed by atoms with E-state index in [0.717, 1.165) is 12.4 Å². The van der Waals surface area contributed by atoms with Gasteiger partial charge in [0.1, 0.15) is 29.8 Å². The number of fused-ring (bicyclic) bond motifs is 2. The van der Waals surface area contributed by atoms with Gasteiger partial charge in [-0.05, 0) is 24.3 Å². The zero-order chi connectivity index (χ0) is 15.5. The van der Waals surface area contributed by atoms with Gasteiger partial charge in [-0.2, -0.15) is 5.26 Å². The molecule has 1 aliphatic heterocycles. The quantitative estimate of drug-likeness (QED) is 0.692. The predicted molar refractivity (Wildman–Crippen MR) is 80.0 cm³/mol. The van der Waals surface area contributed by atoms with Crippen LogP contribution in [-0.2, 0) is 6.61 Å². The van der Waals surface area contributed by atoms with Crippen molar-refractivity contribution < 1.29 is 9.13 Å². The molecule has 0 saturated heterocycles. The Hall–Kier alpha value is -3.13. The number of para-hydroxylation sites is 1. The lowest BCUT2D eigenvalue weighted by molar-refractivity contribution is 0.243. The van der Waals surface area contributed by atoms with Crippen LogP contribution >= 0.6 is 0 Å². The van der Waals surface area contributed by atoms with Crippen molar-refractivity contribution in [2.45, 2.75) is 6.61 Å². The molecular weight excluding hydrogens is 283 g/mol. The number of nitrogens with one attached hydrogen (secondary N) is 1. The third-order valence-electron chi connectivity index (χ3n) is 3.32. The lowest BCUT2D eigenvalue weighted by atomic mass is 10.1. The highest BCUT2D eigenvalue weighted by atomic mass is 19.1. The Morgan fingerprint density at radius 3 is 2.64 bits per heavy atom. The Morgan fingerprint density at radius 1 is 1.23 bits per heavy atom. The first-order chi connectivity index (χ1) is 10.7. The number of nitrogens with zero attached hydrogens (tertiary/aromatic N) is 1. The Kier molecular flexibility index (Phi) is 3.58. The molecule has 3 aromatic rings. The van der Waals surface area contributed by atoms with E-state index in [9.17, 15) is 9.18 Å². The molecule has 1 aromatic heterocycles. The third kappa shape index (κ3) is 2.54. The number of ether oxygens (including phenoxy) is 1. The van der Waals surface area contributed by atoms with E-state index in [1.165, 1.54) is 30.0 Å². The minimum atomic E-state index is -0.419. The highest BCUT2D eigenvalue weighted by Crippen LogP contribution is 2.27. The molecule has 0 fully saturated rings. The molecule has 1 N–H and O–H groups in total. The van der Waals surface area contributed by atoms with Crippen LogP contribution in [0.15, 0.2) is 53.5 Å². The summed E-state index contributed by atoms with van der Waals surface area (Å²) in [5, 5.41) is 8.91. The molecule has 0 spiro atoms. The van der Waals surface area contributed by atoms with Gasteiger partial charge < -0.3 is 9.72 Å². The summed E-state index contributed by atoms with van der Waals surface area (Å²) in [4.78, 5) is 14.2. The van der Waals surface area contributed by atoms with E-state index in [1.807, 2.05) is 18.2 Å². The molecule has 0 radical (unpaired) electrons. The Bertz CT molecular complexity index is 918. The van der Waals surface area contributed by atoms with E-state index in [-0.39, 0.29) is 11.0 Å². The first-order valence-electron chi connectivity index (χ1n) is 6.61. The summed E-state index contributed by atoms with van der Waals surface area (Å²) in [5.74, 6) is 0.630. The molecule has 5 heteroatoms. The van der Waals surface area contributed by atoms with E-state index in [0.29, 0.717) is 10.9 Å². The number of halogens is 1. The summed E-state index contributed by atoms with van der Waals surface area (Å²) < 4.78 is 17.8. The van der Waals surface area contributed by atoms with E-state index in [2.05, 4.69) is 11.1 Å². The molecule has 1 aliphatic rings. The van der Waals surface area contributed by atoms with Crippen LogP contribution in [0.4, 0.5) is 4.39 Å². The molecule has 0 atom stereocenters. The molecule has 4 nitrogen and oxygen atoms in total. The van der Waals surface area contributed by atoms with Crippen LogP contribution in [0.2, 0.25) is 0 Å². The zero-order valence-electron chi connectivity index (χ0n) is 11.5. The standard InChI is InChI=1S/C10H5FN2O.C7H6O/c11-7-1-2-8-9(3-7)13-5-6(4-12)10(8)14;1-2-4-7-6(3-1)5-8-7/h1-3,5H,(H,13,14);1-4H,5H2. The minimum absolute atomic E-state index is 0.0316. The minimum Gasteiger partial charge on any atom is -0.488 e. The monoisotopic (exact) mass is 294 g/mol. The maximum absolute atomic E-state index is 12.8. The summed E-state index contributed by atoms with van der Waals surface area (Å²) >= 11 is 0. The van der Waals surface area contributed by atoms with Crippen molar-refractivity contribution in [2.24, 2.45) is 0 Å². The van der Waals surface area contributed by atoms with Gasteiger partial charge in [-0.25, -0.2) is 4.39 Å². The number of nitriles is 1. The number of aromatic amines is 1. The van der Waals surface area contributed by atoms with E-state index < -0.39 is 5.82 Å². The molecule has 108 valence electrons. The number of hydrogen-bond donors (Lipinski definition) is 1. The lowest BCUT2D eigenvalue weighted by Gasteiger charge is -2.18. The van der Waals surface area contributed by atoms with Crippen molar-refractivity contribution in [3.8, 4) is 11.8 Å². The number of pyridine rings is 1. The predicted octanol–water partition coefficient (Wildman–Crippen LogP) is 3.12. The highest BCUT2D eigenvalue weighted by molar-refractivity contribution is 5.79. The molecule has 2 heterocycles. The van der Waals surface area contributed by atoms with Crippen LogP contribution in [0, 0.1) is 17.1 Å². The second kappa shape index (κ2) is 5.70. The third-order valence-corrected chi connectivity index (χ3v) is 3.32. The van der Waals surface area contributed by atoms with Crippen LogP contribution in [-0.4, -0.2) is 4.98 Å². The summed E-state index contributed by atoms with van der Waals surface area (Å²) in [6, 6.07) is 13.6. The molecule has 0 amide bonds. The second-order valence-corrected chi connectivity index (χ2v) is 4.73. The van der Waals surface area contributed by atoms with Crippen molar-refractivity contribution in [1.29, 1.82) is 5.26 Å². The van der Waals surface area contributed by atoms with Gasteiger partial charge in [0.05, 0.1) is 5.52 Å². The molecule has 0 bridgehead atoms.